The Morgan fingerprint density at radius 1 is 1.68 bits per heavy atom. The van der Waals surface area contributed by atoms with Crippen LogP contribution in [0.15, 0.2) is 12.3 Å². The molecule has 0 spiro atoms. The number of piperidine rings is 1. The molecule has 1 aliphatic heterocycles. The van der Waals surface area contributed by atoms with Gasteiger partial charge in [0.2, 0.25) is 5.91 Å². The van der Waals surface area contributed by atoms with E-state index in [4.69, 9.17) is 0 Å². The van der Waals surface area contributed by atoms with Crippen LogP contribution in [0.5, 0.6) is 0 Å². The summed E-state index contributed by atoms with van der Waals surface area (Å²) >= 11 is 0. The molecule has 0 aromatic carbocycles. The summed E-state index contributed by atoms with van der Waals surface area (Å²) in [5, 5.41) is 10.6. The highest BCUT2D eigenvalue weighted by Crippen LogP contribution is 2.22. The number of aryl methyl sites for hydroxylation is 1. The first-order valence-electron chi connectivity index (χ1n) is 7.11. The fraction of sp³-hybridized carbons (Fsp3) is 0.714. The Balaban J connectivity index is 1.71. The highest BCUT2D eigenvalue weighted by molar-refractivity contribution is 5.76. The Hall–Kier alpha value is -1.36. The number of aromatic nitrogens is 2. The highest BCUT2D eigenvalue weighted by atomic mass is 16.1. The third-order valence-electron chi connectivity index (χ3n) is 3.88. The summed E-state index contributed by atoms with van der Waals surface area (Å²) in [4.78, 5) is 11.9. The van der Waals surface area contributed by atoms with Gasteiger partial charge in [0.05, 0.1) is 12.2 Å². The molecule has 0 aliphatic carbocycles. The fourth-order valence-electron chi connectivity index (χ4n) is 2.64. The van der Waals surface area contributed by atoms with E-state index >= 15 is 0 Å². The van der Waals surface area contributed by atoms with Crippen molar-refractivity contribution in [2.45, 2.75) is 32.7 Å². The van der Waals surface area contributed by atoms with Gasteiger partial charge in [0, 0.05) is 19.7 Å². The number of nitrogens with one attached hydrogen (secondary N) is 2. The number of hydrogen-bond donors (Lipinski definition) is 2. The Morgan fingerprint density at radius 3 is 3.16 bits per heavy atom. The molecule has 1 aliphatic rings. The molecule has 1 aromatic rings. The average molecular weight is 264 g/mol. The van der Waals surface area contributed by atoms with Gasteiger partial charge in [-0.3, -0.25) is 9.48 Å². The van der Waals surface area contributed by atoms with Gasteiger partial charge < -0.3 is 10.6 Å². The minimum atomic E-state index is 0.128. The predicted molar refractivity (Wildman–Crippen MR) is 74.4 cm³/mol. The smallest absolute Gasteiger partial charge is 0.220 e. The Labute approximate surface area is 114 Å². The number of carbonyl (C=O) groups excluding carboxylic acids is 1. The highest BCUT2D eigenvalue weighted by Gasteiger charge is 2.21. The fourth-order valence-corrected chi connectivity index (χ4v) is 2.64. The van der Waals surface area contributed by atoms with Gasteiger partial charge in [-0.1, -0.05) is 6.92 Å². The largest absolute Gasteiger partial charge is 0.350 e. The number of carbonyl (C=O) groups is 1. The summed E-state index contributed by atoms with van der Waals surface area (Å²) in [6, 6.07) is 1.93. The molecule has 19 heavy (non-hydrogen) atoms. The van der Waals surface area contributed by atoms with Crippen molar-refractivity contribution in [1.82, 2.24) is 20.4 Å². The van der Waals surface area contributed by atoms with Gasteiger partial charge in [0.25, 0.3) is 0 Å². The third kappa shape index (κ3) is 4.35. The maximum Gasteiger partial charge on any atom is 0.220 e. The molecular formula is C14H24N4O. The molecule has 1 aromatic heterocycles. The average Bonchev–Trinajstić information content (AvgIpc) is 2.83. The summed E-state index contributed by atoms with van der Waals surface area (Å²) in [6.07, 6.45) is 4.96. The lowest BCUT2D eigenvalue weighted by Crippen LogP contribution is -2.35. The molecule has 1 saturated heterocycles. The number of amides is 1. The van der Waals surface area contributed by atoms with Crippen molar-refractivity contribution in [2.75, 3.05) is 13.1 Å². The standard InChI is InChI=1S/C14H24N4O/c1-11(12-4-3-6-15-9-12)8-14(19)16-10-13-5-7-18(2)17-13/h5,7,11-12,15H,3-4,6,8-10H2,1-2H3,(H,16,19). The zero-order chi connectivity index (χ0) is 13.7. The first-order chi connectivity index (χ1) is 9.15. The van der Waals surface area contributed by atoms with Gasteiger partial charge in [-0.05, 0) is 43.8 Å². The zero-order valence-corrected chi connectivity index (χ0v) is 11.9. The summed E-state index contributed by atoms with van der Waals surface area (Å²) < 4.78 is 1.75. The van der Waals surface area contributed by atoms with E-state index in [1.165, 1.54) is 12.8 Å². The van der Waals surface area contributed by atoms with E-state index in [0.717, 1.165) is 18.8 Å². The van der Waals surface area contributed by atoms with Crippen molar-refractivity contribution in [3.05, 3.63) is 18.0 Å². The molecule has 5 heteroatoms. The molecule has 2 rings (SSSR count). The first kappa shape index (κ1) is 14.1. The van der Waals surface area contributed by atoms with Crippen LogP contribution >= 0.6 is 0 Å². The lowest BCUT2D eigenvalue weighted by Gasteiger charge is -2.27. The Bertz CT molecular complexity index is 409. The van der Waals surface area contributed by atoms with Crippen LogP contribution in [0.2, 0.25) is 0 Å². The maximum atomic E-state index is 11.9. The van der Waals surface area contributed by atoms with Crippen LogP contribution in [0.1, 0.15) is 31.9 Å². The van der Waals surface area contributed by atoms with E-state index in [1.54, 1.807) is 4.68 Å². The van der Waals surface area contributed by atoms with E-state index in [-0.39, 0.29) is 5.91 Å². The van der Waals surface area contributed by atoms with E-state index in [2.05, 4.69) is 22.7 Å². The van der Waals surface area contributed by atoms with Crippen LogP contribution in [0, 0.1) is 11.8 Å². The second-order valence-electron chi connectivity index (χ2n) is 5.55. The molecule has 1 amide bonds. The molecule has 5 nitrogen and oxygen atoms in total. The van der Waals surface area contributed by atoms with Gasteiger partial charge in [0.15, 0.2) is 0 Å². The molecule has 2 heterocycles. The van der Waals surface area contributed by atoms with Crippen LogP contribution < -0.4 is 10.6 Å². The van der Waals surface area contributed by atoms with Gasteiger partial charge in [0.1, 0.15) is 0 Å². The number of nitrogens with zero attached hydrogens (tertiary/aromatic N) is 2. The molecule has 0 bridgehead atoms. The number of rotatable bonds is 5. The molecular weight excluding hydrogens is 240 g/mol. The van der Waals surface area contributed by atoms with E-state index in [1.807, 2.05) is 19.3 Å². The summed E-state index contributed by atoms with van der Waals surface area (Å²) in [5.41, 5.74) is 0.905. The molecule has 0 radical (unpaired) electrons. The molecule has 2 N–H and O–H groups in total. The van der Waals surface area contributed by atoms with Crippen LogP contribution in [0.4, 0.5) is 0 Å². The summed E-state index contributed by atoms with van der Waals surface area (Å²) in [7, 11) is 1.88. The molecule has 2 atom stereocenters. The second kappa shape index (κ2) is 6.70. The van der Waals surface area contributed by atoms with Crippen LogP contribution in [0.25, 0.3) is 0 Å². The van der Waals surface area contributed by atoms with Gasteiger partial charge >= 0.3 is 0 Å². The minimum Gasteiger partial charge on any atom is -0.350 e. The summed E-state index contributed by atoms with van der Waals surface area (Å²) in [5.74, 6) is 1.20. The van der Waals surface area contributed by atoms with E-state index in [9.17, 15) is 4.79 Å². The van der Waals surface area contributed by atoms with Crippen LogP contribution in [-0.4, -0.2) is 28.8 Å². The minimum absolute atomic E-state index is 0.128. The van der Waals surface area contributed by atoms with Crippen LogP contribution in [0.3, 0.4) is 0 Å². The predicted octanol–water partition coefficient (Wildman–Crippen LogP) is 1.06. The van der Waals surface area contributed by atoms with Crippen molar-refractivity contribution in [2.24, 2.45) is 18.9 Å². The monoisotopic (exact) mass is 264 g/mol. The van der Waals surface area contributed by atoms with Crippen molar-refractivity contribution >= 4 is 5.91 Å². The Kier molecular flexibility index (Phi) is 4.96. The molecule has 106 valence electrons. The van der Waals surface area contributed by atoms with E-state index < -0.39 is 0 Å². The lowest BCUT2D eigenvalue weighted by molar-refractivity contribution is -0.122. The van der Waals surface area contributed by atoms with E-state index in [0.29, 0.717) is 24.8 Å². The summed E-state index contributed by atoms with van der Waals surface area (Å²) in [6.45, 7) is 4.87. The SMILES string of the molecule is CC(CC(=O)NCc1ccn(C)n1)C1CCCNC1. The number of hydrogen-bond acceptors (Lipinski definition) is 3. The maximum absolute atomic E-state index is 11.9. The van der Waals surface area contributed by atoms with Gasteiger partial charge in [-0.25, -0.2) is 0 Å². The zero-order valence-electron chi connectivity index (χ0n) is 11.9. The Morgan fingerprint density at radius 2 is 2.53 bits per heavy atom. The van der Waals surface area contributed by atoms with Gasteiger partial charge in [-0.15, -0.1) is 0 Å². The molecule has 2 unspecified atom stereocenters. The second-order valence-corrected chi connectivity index (χ2v) is 5.55. The van der Waals surface area contributed by atoms with Crippen molar-refractivity contribution in [3.8, 4) is 0 Å². The normalized spacial score (nSPS) is 21.1. The lowest BCUT2D eigenvalue weighted by atomic mass is 9.85. The molecule has 0 saturated carbocycles. The first-order valence-corrected chi connectivity index (χ1v) is 7.11. The third-order valence-corrected chi connectivity index (χ3v) is 3.88. The molecule has 1 fully saturated rings. The quantitative estimate of drug-likeness (QED) is 0.836. The van der Waals surface area contributed by atoms with Gasteiger partial charge in [-0.2, -0.15) is 5.10 Å². The van der Waals surface area contributed by atoms with Crippen LogP contribution in [-0.2, 0) is 18.4 Å². The van der Waals surface area contributed by atoms with Crippen molar-refractivity contribution < 1.29 is 4.79 Å². The van der Waals surface area contributed by atoms with Crippen molar-refractivity contribution in [3.63, 3.8) is 0 Å². The topological polar surface area (TPSA) is 59.0 Å². The van der Waals surface area contributed by atoms with Crippen molar-refractivity contribution in [1.29, 1.82) is 0 Å².